The monoisotopic (exact) mass is 211 g/mol. The Morgan fingerprint density at radius 1 is 1.13 bits per heavy atom. The van der Waals surface area contributed by atoms with Crippen LogP contribution < -0.4 is 0 Å². The zero-order valence-electron chi connectivity index (χ0n) is 11.3. The van der Waals surface area contributed by atoms with Crippen molar-refractivity contribution in [1.29, 1.82) is 0 Å². The van der Waals surface area contributed by atoms with Gasteiger partial charge in [0.1, 0.15) is 0 Å². The number of nitrogens with zero attached hydrogens (tertiary/aromatic N) is 1. The molecular formula is C14H29N. The molecule has 1 nitrogen and oxygen atoms in total. The maximum Gasteiger partial charge on any atom is 0.0155 e. The summed E-state index contributed by atoms with van der Waals surface area (Å²) >= 11 is 0. The Morgan fingerprint density at radius 2 is 1.80 bits per heavy atom. The van der Waals surface area contributed by atoms with E-state index in [1.54, 1.807) is 12.8 Å². The van der Waals surface area contributed by atoms with E-state index >= 15 is 0 Å². The van der Waals surface area contributed by atoms with Crippen molar-refractivity contribution in [2.45, 2.75) is 66.3 Å². The van der Waals surface area contributed by atoms with Gasteiger partial charge >= 0.3 is 0 Å². The average molecular weight is 211 g/mol. The number of piperidine rings is 1. The lowest BCUT2D eigenvalue weighted by atomic mass is 9.71. The lowest BCUT2D eigenvalue weighted by molar-refractivity contribution is 0.00777. The van der Waals surface area contributed by atoms with Crippen LogP contribution in [0, 0.1) is 11.3 Å². The molecule has 0 aromatic heterocycles. The molecule has 1 heterocycles. The molecule has 3 fully saturated rings. The van der Waals surface area contributed by atoms with Crippen LogP contribution >= 0.6 is 0 Å². The normalized spacial score (nSPS) is 40.6. The molecule has 1 aliphatic heterocycles. The van der Waals surface area contributed by atoms with E-state index in [4.69, 9.17) is 0 Å². The quantitative estimate of drug-likeness (QED) is 0.635. The van der Waals surface area contributed by atoms with Crippen LogP contribution in [0.5, 0.6) is 0 Å². The van der Waals surface area contributed by atoms with Crippen LogP contribution in [0.2, 0.25) is 0 Å². The van der Waals surface area contributed by atoms with E-state index in [1.807, 2.05) is 27.7 Å². The molecule has 2 aliphatic carbocycles. The first-order valence-electron chi connectivity index (χ1n) is 7.11. The number of hydrogen-bond donors (Lipinski definition) is 0. The van der Waals surface area contributed by atoms with E-state index in [9.17, 15) is 0 Å². The minimum atomic E-state index is 0.883. The number of rotatable bonds is 1. The zero-order chi connectivity index (χ0) is 11.5. The van der Waals surface area contributed by atoms with Crippen molar-refractivity contribution in [3.8, 4) is 0 Å². The van der Waals surface area contributed by atoms with E-state index in [-0.39, 0.29) is 0 Å². The molecule has 1 heteroatoms. The van der Waals surface area contributed by atoms with Gasteiger partial charge < -0.3 is 4.90 Å². The summed E-state index contributed by atoms with van der Waals surface area (Å²) in [5.41, 5.74) is 0.883. The molecule has 3 aliphatic rings. The predicted octanol–water partition coefficient (Wildman–Crippen LogP) is 3.93. The Hall–Kier alpha value is -0.0400. The third-order valence-corrected chi connectivity index (χ3v) is 4.44. The van der Waals surface area contributed by atoms with Gasteiger partial charge in [0.25, 0.3) is 0 Å². The van der Waals surface area contributed by atoms with Crippen molar-refractivity contribution in [3.63, 3.8) is 0 Å². The Balaban J connectivity index is 0.000000255. The molecule has 0 N–H and O–H groups in total. The van der Waals surface area contributed by atoms with Gasteiger partial charge in [0.05, 0.1) is 0 Å². The fourth-order valence-electron chi connectivity index (χ4n) is 3.55. The summed E-state index contributed by atoms with van der Waals surface area (Å²) in [6.07, 6.45) is 6.14. The summed E-state index contributed by atoms with van der Waals surface area (Å²) in [5, 5.41) is 0. The van der Waals surface area contributed by atoms with Crippen molar-refractivity contribution in [3.05, 3.63) is 0 Å². The zero-order valence-corrected chi connectivity index (χ0v) is 11.3. The summed E-state index contributed by atoms with van der Waals surface area (Å²) in [7, 11) is 0. The highest BCUT2D eigenvalue weighted by Gasteiger charge is 2.66. The summed E-state index contributed by atoms with van der Waals surface area (Å²) in [5.74, 6) is 1.16. The molecule has 0 amide bonds. The topological polar surface area (TPSA) is 3.24 Å². The second-order valence-electron chi connectivity index (χ2n) is 4.61. The number of likely N-dealkylation sites (tertiary alicyclic amines) is 1. The molecule has 0 aromatic rings. The third kappa shape index (κ3) is 1.95. The second kappa shape index (κ2) is 5.34. The molecule has 1 spiro atoms. The molecule has 3 atom stereocenters. The summed E-state index contributed by atoms with van der Waals surface area (Å²) < 4.78 is 0. The molecule has 0 aromatic carbocycles. The van der Waals surface area contributed by atoms with E-state index in [0.29, 0.717) is 0 Å². The highest BCUT2D eigenvalue weighted by molar-refractivity contribution is 5.18. The van der Waals surface area contributed by atoms with Crippen molar-refractivity contribution in [2.24, 2.45) is 11.3 Å². The lowest BCUT2D eigenvalue weighted by Crippen LogP contribution is -2.52. The van der Waals surface area contributed by atoms with Crippen molar-refractivity contribution >= 4 is 0 Å². The molecule has 90 valence electrons. The van der Waals surface area contributed by atoms with Gasteiger partial charge in [-0.1, -0.05) is 34.6 Å². The minimum absolute atomic E-state index is 0.883. The molecule has 0 bridgehead atoms. The van der Waals surface area contributed by atoms with Gasteiger partial charge in [-0.2, -0.15) is 0 Å². The minimum Gasteiger partial charge on any atom is -0.300 e. The Kier molecular flexibility index (Phi) is 4.64. The van der Waals surface area contributed by atoms with Crippen molar-refractivity contribution < 1.29 is 0 Å². The van der Waals surface area contributed by atoms with Gasteiger partial charge in [0.2, 0.25) is 0 Å². The smallest absolute Gasteiger partial charge is 0.0155 e. The maximum absolute atomic E-state index is 2.72. The van der Waals surface area contributed by atoms with Gasteiger partial charge in [-0.25, -0.2) is 0 Å². The Bertz CT molecular complexity index is 190. The SMILES string of the molecule is CC.CC.CCN1CCC2CC23CCC13. The Morgan fingerprint density at radius 3 is 2.27 bits per heavy atom. The van der Waals surface area contributed by atoms with E-state index < -0.39 is 0 Å². The van der Waals surface area contributed by atoms with Gasteiger partial charge in [-0.05, 0) is 50.1 Å². The first kappa shape index (κ1) is 13.0. The summed E-state index contributed by atoms with van der Waals surface area (Å²) in [4.78, 5) is 2.72. The highest BCUT2D eigenvalue weighted by Crippen LogP contribution is 2.69. The Labute approximate surface area is 96.2 Å². The largest absolute Gasteiger partial charge is 0.300 e. The standard InChI is InChI=1S/C10H17N.2C2H6/c1-2-11-6-4-8-7-10(8)5-3-9(10)11;2*1-2/h8-9H,2-7H2,1H3;2*1-2H3. The second-order valence-corrected chi connectivity index (χ2v) is 4.61. The van der Waals surface area contributed by atoms with Crippen LogP contribution in [-0.4, -0.2) is 24.0 Å². The van der Waals surface area contributed by atoms with Crippen LogP contribution in [0.3, 0.4) is 0 Å². The van der Waals surface area contributed by atoms with E-state index in [2.05, 4.69) is 11.8 Å². The van der Waals surface area contributed by atoms with E-state index in [0.717, 1.165) is 17.4 Å². The van der Waals surface area contributed by atoms with Gasteiger partial charge in [0, 0.05) is 6.04 Å². The first-order chi connectivity index (χ1) is 7.37. The van der Waals surface area contributed by atoms with Crippen LogP contribution in [0.4, 0.5) is 0 Å². The fourth-order valence-corrected chi connectivity index (χ4v) is 3.55. The van der Waals surface area contributed by atoms with Crippen LogP contribution in [0.25, 0.3) is 0 Å². The fraction of sp³-hybridized carbons (Fsp3) is 1.00. The van der Waals surface area contributed by atoms with Gasteiger partial charge in [-0.3, -0.25) is 0 Å². The molecule has 2 saturated carbocycles. The van der Waals surface area contributed by atoms with Crippen LogP contribution in [-0.2, 0) is 0 Å². The van der Waals surface area contributed by atoms with Crippen LogP contribution in [0.15, 0.2) is 0 Å². The van der Waals surface area contributed by atoms with Gasteiger partial charge in [-0.15, -0.1) is 0 Å². The van der Waals surface area contributed by atoms with Crippen molar-refractivity contribution in [2.75, 3.05) is 13.1 Å². The first-order valence-corrected chi connectivity index (χ1v) is 7.11. The van der Waals surface area contributed by atoms with Crippen LogP contribution in [0.1, 0.15) is 60.3 Å². The summed E-state index contributed by atoms with van der Waals surface area (Å²) in [6, 6.07) is 1.02. The molecule has 3 unspecified atom stereocenters. The summed E-state index contributed by atoms with van der Waals surface area (Å²) in [6.45, 7) is 13.0. The lowest BCUT2D eigenvalue weighted by Gasteiger charge is -2.49. The predicted molar refractivity (Wildman–Crippen MR) is 68.1 cm³/mol. The molecule has 0 radical (unpaired) electrons. The molecule has 1 saturated heterocycles. The van der Waals surface area contributed by atoms with E-state index in [1.165, 1.54) is 25.9 Å². The van der Waals surface area contributed by atoms with Crippen molar-refractivity contribution in [1.82, 2.24) is 4.90 Å². The number of hydrogen-bond acceptors (Lipinski definition) is 1. The molecule has 15 heavy (non-hydrogen) atoms. The van der Waals surface area contributed by atoms with Gasteiger partial charge in [0.15, 0.2) is 0 Å². The third-order valence-electron chi connectivity index (χ3n) is 4.44. The highest BCUT2D eigenvalue weighted by atomic mass is 15.2. The molecular weight excluding hydrogens is 182 g/mol. The molecule has 3 rings (SSSR count). The maximum atomic E-state index is 2.72. The average Bonchev–Trinajstić information content (AvgIpc) is 3.04.